The molecule has 0 aliphatic heterocycles. The number of thioether (sulfide) groups is 1. The number of nitrogens with zero attached hydrogens (tertiary/aromatic N) is 4. The molecule has 1 aromatic heterocycles. The topological polar surface area (TPSA) is 72.2 Å². The van der Waals surface area contributed by atoms with Crippen molar-refractivity contribution < 1.29 is 4.79 Å². The Kier molecular flexibility index (Phi) is 6.91. The molecule has 178 valence electrons. The SMILES string of the molecule is Cc1ccc(-c2nnc(SCC(=O)NN=Cc3cccc4ccccc34)n2-c2ccc(C)cc2)cc1. The molecule has 6 nitrogen and oxygen atoms in total. The predicted molar refractivity (Wildman–Crippen MR) is 147 cm³/mol. The van der Waals surface area contributed by atoms with E-state index in [2.05, 4.69) is 71.0 Å². The predicted octanol–water partition coefficient (Wildman–Crippen LogP) is 5.95. The van der Waals surface area contributed by atoms with Crippen molar-refractivity contribution in [2.45, 2.75) is 19.0 Å². The maximum atomic E-state index is 12.6. The number of carbonyl (C=O) groups excluding carboxylic acids is 1. The minimum absolute atomic E-state index is 0.158. The summed E-state index contributed by atoms with van der Waals surface area (Å²) < 4.78 is 1.99. The van der Waals surface area contributed by atoms with E-state index in [1.54, 1.807) is 6.21 Å². The number of benzene rings is 4. The molecular formula is C29H25N5OS. The zero-order chi connectivity index (χ0) is 24.9. The molecule has 7 heteroatoms. The monoisotopic (exact) mass is 491 g/mol. The van der Waals surface area contributed by atoms with Crippen molar-refractivity contribution in [2.75, 3.05) is 5.75 Å². The van der Waals surface area contributed by atoms with Gasteiger partial charge in [0.1, 0.15) is 0 Å². The van der Waals surface area contributed by atoms with Crippen molar-refractivity contribution in [3.05, 3.63) is 108 Å². The summed E-state index contributed by atoms with van der Waals surface area (Å²) >= 11 is 1.33. The van der Waals surface area contributed by atoms with E-state index in [9.17, 15) is 4.79 Å². The summed E-state index contributed by atoms with van der Waals surface area (Å²) in [5.41, 5.74) is 7.83. The summed E-state index contributed by atoms with van der Waals surface area (Å²) in [7, 11) is 0. The van der Waals surface area contributed by atoms with Gasteiger partial charge in [0.15, 0.2) is 11.0 Å². The third-order valence-corrected chi connectivity index (χ3v) is 6.71. The Hall–Kier alpha value is -4.23. The molecule has 4 aromatic carbocycles. The highest BCUT2D eigenvalue weighted by Crippen LogP contribution is 2.28. The van der Waals surface area contributed by atoms with Crippen molar-refractivity contribution in [3.8, 4) is 17.1 Å². The summed E-state index contributed by atoms with van der Waals surface area (Å²) in [6.07, 6.45) is 1.68. The molecule has 0 fully saturated rings. The Balaban J connectivity index is 1.33. The second-order valence-electron chi connectivity index (χ2n) is 8.49. The number of rotatable bonds is 7. The Morgan fingerprint density at radius 1 is 0.889 bits per heavy atom. The first-order chi connectivity index (χ1) is 17.6. The maximum Gasteiger partial charge on any atom is 0.250 e. The lowest BCUT2D eigenvalue weighted by Crippen LogP contribution is -2.20. The van der Waals surface area contributed by atoms with Gasteiger partial charge in [0, 0.05) is 16.8 Å². The lowest BCUT2D eigenvalue weighted by Gasteiger charge is -2.11. The van der Waals surface area contributed by atoms with Gasteiger partial charge < -0.3 is 0 Å². The molecule has 0 aliphatic rings. The molecule has 1 amide bonds. The van der Waals surface area contributed by atoms with Crippen LogP contribution in [0.15, 0.2) is 101 Å². The standard InChI is InChI=1S/C29H25N5OS/c1-20-10-14-23(15-11-20)28-32-33-29(34(28)25-16-12-21(2)13-17-25)36-19-27(35)31-30-18-24-8-5-7-22-6-3-4-9-26(22)24/h3-18H,19H2,1-2H3,(H,31,35). The number of hydrogen-bond donors (Lipinski definition) is 1. The molecule has 0 spiro atoms. The first kappa shape index (κ1) is 23.5. The van der Waals surface area contributed by atoms with E-state index in [1.165, 1.54) is 22.9 Å². The maximum absolute atomic E-state index is 12.6. The number of aryl methyl sites for hydroxylation is 2. The fraction of sp³-hybridized carbons (Fsp3) is 0.103. The van der Waals surface area contributed by atoms with Gasteiger partial charge in [-0.2, -0.15) is 5.10 Å². The van der Waals surface area contributed by atoms with Crippen molar-refractivity contribution in [2.24, 2.45) is 5.10 Å². The van der Waals surface area contributed by atoms with Gasteiger partial charge >= 0.3 is 0 Å². The number of hydrogen-bond acceptors (Lipinski definition) is 5. The lowest BCUT2D eigenvalue weighted by molar-refractivity contribution is -0.118. The van der Waals surface area contributed by atoms with Crippen molar-refractivity contribution in [1.29, 1.82) is 0 Å². The summed E-state index contributed by atoms with van der Waals surface area (Å²) in [6.45, 7) is 4.10. The minimum atomic E-state index is -0.216. The van der Waals surface area contributed by atoms with Crippen LogP contribution in [0.2, 0.25) is 0 Å². The van der Waals surface area contributed by atoms with Crippen molar-refractivity contribution >= 4 is 34.7 Å². The Bertz CT molecular complexity index is 1530. The van der Waals surface area contributed by atoms with Gasteiger partial charge in [-0.15, -0.1) is 10.2 Å². The smallest absolute Gasteiger partial charge is 0.250 e. The van der Waals surface area contributed by atoms with E-state index in [0.717, 1.165) is 33.4 Å². The third kappa shape index (κ3) is 5.21. The number of amides is 1. The van der Waals surface area contributed by atoms with Crippen LogP contribution in [0, 0.1) is 13.8 Å². The highest BCUT2D eigenvalue weighted by atomic mass is 32.2. The lowest BCUT2D eigenvalue weighted by atomic mass is 10.1. The van der Waals surface area contributed by atoms with E-state index in [1.807, 2.05) is 59.2 Å². The van der Waals surface area contributed by atoms with Gasteiger partial charge in [-0.3, -0.25) is 9.36 Å². The van der Waals surface area contributed by atoms with Crippen LogP contribution in [0.1, 0.15) is 16.7 Å². The molecular weight excluding hydrogens is 466 g/mol. The normalized spacial score (nSPS) is 11.3. The van der Waals surface area contributed by atoms with E-state index >= 15 is 0 Å². The Morgan fingerprint density at radius 2 is 1.58 bits per heavy atom. The summed E-state index contributed by atoms with van der Waals surface area (Å²) in [6, 6.07) is 30.4. The second kappa shape index (κ2) is 10.6. The van der Waals surface area contributed by atoms with Crippen LogP contribution >= 0.6 is 11.8 Å². The largest absolute Gasteiger partial charge is 0.272 e. The van der Waals surface area contributed by atoms with E-state index in [0.29, 0.717) is 5.16 Å². The highest BCUT2D eigenvalue weighted by Gasteiger charge is 2.17. The van der Waals surface area contributed by atoms with Crippen LogP contribution in [-0.4, -0.2) is 32.6 Å². The molecule has 0 aliphatic carbocycles. The van der Waals surface area contributed by atoms with Crippen LogP contribution in [-0.2, 0) is 4.79 Å². The number of nitrogens with one attached hydrogen (secondary N) is 1. The summed E-state index contributed by atoms with van der Waals surface area (Å²) in [5.74, 6) is 0.674. The van der Waals surface area contributed by atoms with Crippen LogP contribution in [0.3, 0.4) is 0 Å². The molecule has 5 rings (SSSR count). The highest BCUT2D eigenvalue weighted by molar-refractivity contribution is 7.99. The second-order valence-corrected chi connectivity index (χ2v) is 9.44. The van der Waals surface area contributed by atoms with Gasteiger partial charge in [0.2, 0.25) is 0 Å². The summed E-state index contributed by atoms with van der Waals surface area (Å²) in [4.78, 5) is 12.6. The zero-order valence-corrected chi connectivity index (χ0v) is 20.9. The van der Waals surface area contributed by atoms with Gasteiger partial charge in [-0.05, 0) is 36.8 Å². The summed E-state index contributed by atoms with van der Waals surface area (Å²) in [5, 5.41) is 15.9. The average Bonchev–Trinajstić information content (AvgIpc) is 3.32. The quantitative estimate of drug-likeness (QED) is 0.174. The average molecular weight is 492 g/mol. The Morgan fingerprint density at radius 3 is 2.36 bits per heavy atom. The van der Waals surface area contributed by atoms with Gasteiger partial charge in [-0.25, -0.2) is 5.43 Å². The molecule has 0 saturated heterocycles. The third-order valence-electron chi connectivity index (χ3n) is 5.78. The number of hydrazone groups is 1. The Labute approximate surface area is 214 Å². The molecule has 0 bridgehead atoms. The molecule has 1 heterocycles. The van der Waals surface area contributed by atoms with Crippen molar-refractivity contribution in [1.82, 2.24) is 20.2 Å². The van der Waals surface area contributed by atoms with E-state index in [-0.39, 0.29) is 11.7 Å². The number of aromatic nitrogens is 3. The minimum Gasteiger partial charge on any atom is -0.272 e. The van der Waals surface area contributed by atoms with E-state index in [4.69, 9.17) is 0 Å². The van der Waals surface area contributed by atoms with Crippen LogP contribution < -0.4 is 5.43 Å². The van der Waals surface area contributed by atoms with Crippen LogP contribution in [0.4, 0.5) is 0 Å². The number of fused-ring (bicyclic) bond motifs is 1. The van der Waals surface area contributed by atoms with Gasteiger partial charge in [0.25, 0.3) is 5.91 Å². The van der Waals surface area contributed by atoms with Crippen LogP contribution in [0.5, 0.6) is 0 Å². The van der Waals surface area contributed by atoms with E-state index < -0.39 is 0 Å². The molecule has 5 aromatic rings. The van der Waals surface area contributed by atoms with Crippen LogP contribution in [0.25, 0.3) is 27.8 Å². The molecule has 0 saturated carbocycles. The molecule has 36 heavy (non-hydrogen) atoms. The molecule has 0 atom stereocenters. The fourth-order valence-corrected chi connectivity index (χ4v) is 4.62. The zero-order valence-electron chi connectivity index (χ0n) is 20.1. The molecule has 0 unspecified atom stereocenters. The first-order valence-electron chi connectivity index (χ1n) is 11.6. The molecule has 0 radical (unpaired) electrons. The number of carbonyl (C=O) groups is 1. The fourth-order valence-electron chi connectivity index (χ4n) is 3.88. The first-order valence-corrected chi connectivity index (χ1v) is 12.6. The van der Waals surface area contributed by atoms with Gasteiger partial charge in [0.05, 0.1) is 12.0 Å². The van der Waals surface area contributed by atoms with Gasteiger partial charge in [-0.1, -0.05) is 102 Å². The van der Waals surface area contributed by atoms with Crippen molar-refractivity contribution in [3.63, 3.8) is 0 Å². The molecule has 1 N–H and O–H groups in total.